The Morgan fingerprint density at radius 3 is 2.67 bits per heavy atom. The lowest BCUT2D eigenvalue weighted by atomic mass is 10.1. The van der Waals surface area contributed by atoms with Crippen molar-refractivity contribution in [1.82, 2.24) is 4.90 Å². The van der Waals surface area contributed by atoms with Crippen molar-refractivity contribution in [3.63, 3.8) is 0 Å². The van der Waals surface area contributed by atoms with Gasteiger partial charge in [0.1, 0.15) is 6.54 Å². The number of nitrogens with two attached hydrogens (primary N) is 1. The van der Waals surface area contributed by atoms with Gasteiger partial charge >= 0.3 is 12.2 Å². The van der Waals surface area contributed by atoms with Crippen molar-refractivity contribution in [3.05, 3.63) is 29.8 Å². The molecule has 1 rings (SSSR count). The van der Waals surface area contributed by atoms with Crippen molar-refractivity contribution in [1.29, 1.82) is 0 Å². The van der Waals surface area contributed by atoms with Gasteiger partial charge in [0.15, 0.2) is 0 Å². The first-order valence-corrected chi connectivity index (χ1v) is 6.32. The van der Waals surface area contributed by atoms with Crippen molar-refractivity contribution in [2.24, 2.45) is 5.73 Å². The predicted octanol–water partition coefficient (Wildman–Crippen LogP) is 2.09. The summed E-state index contributed by atoms with van der Waals surface area (Å²) in [6.45, 7) is -0.628. The highest BCUT2D eigenvalue weighted by Gasteiger charge is 2.32. The molecule has 0 heterocycles. The smallest absolute Gasteiger partial charge is 0.395 e. The highest BCUT2D eigenvalue weighted by molar-refractivity contribution is 5.89. The van der Waals surface area contributed by atoms with E-state index in [4.69, 9.17) is 10.8 Å². The largest absolute Gasteiger partial charge is 0.406 e. The fourth-order valence-electron chi connectivity index (χ4n) is 1.69. The number of aliphatic hydroxyl groups excluding tert-OH is 1. The van der Waals surface area contributed by atoms with Gasteiger partial charge in [-0.15, -0.1) is 0 Å². The van der Waals surface area contributed by atoms with Gasteiger partial charge in [0.25, 0.3) is 0 Å². The molecule has 0 aliphatic carbocycles. The van der Waals surface area contributed by atoms with E-state index in [1.165, 1.54) is 0 Å². The first kappa shape index (κ1) is 17.3. The normalized spacial score (nSPS) is 12.9. The van der Waals surface area contributed by atoms with E-state index in [2.05, 4.69) is 5.32 Å². The second-order valence-electron chi connectivity index (χ2n) is 4.60. The quantitative estimate of drug-likeness (QED) is 0.779. The summed E-state index contributed by atoms with van der Waals surface area (Å²) in [4.78, 5) is 12.3. The zero-order chi connectivity index (χ0) is 16.0. The maximum Gasteiger partial charge on any atom is 0.406 e. The Bertz CT molecular complexity index is 478. The molecule has 0 aliphatic rings. The van der Waals surface area contributed by atoms with Crippen LogP contribution in [0.1, 0.15) is 18.5 Å². The van der Waals surface area contributed by atoms with Gasteiger partial charge in [0.2, 0.25) is 0 Å². The molecule has 0 radical (unpaired) electrons. The van der Waals surface area contributed by atoms with E-state index in [9.17, 15) is 18.0 Å². The Kier molecular flexibility index (Phi) is 5.98. The fourth-order valence-corrected chi connectivity index (χ4v) is 1.69. The molecule has 1 aromatic carbocycles. The number of nitrogens with one attached hydrogen (secondary N) is 1. The van der Waals surface area contributed by atoms with Crippen LogP contribution in [0.3, 0.4) is 0 Å². The maximum atomic E-state index is 12.4. The van der Waals surface area contributed by atoms with Crippen LogP contribution in [0.4, 0.5) is 23.7 Å². The van der Waals surface area contributed by atoms with Gasteiger partial charge in [0.05, 0.1) is 6.61 Å². The molecule has 1 atom stereocenters. The SMILES string of the molecule is CC(N)c1cccc(NC(=O)N(CCO)CC(F)(F)F)c1. The molecule has 0 saturated carbocycles. The van der Waals surface area contributed by atoms with E-state index in [1.807, 2.05) is 0 Å². The van der Waals surface area contributed by atoms with E-state index in [0.717, 1.165) is 5.56 Å². The van der Waals surface area contributed by atoms with Crippen LogP contribution in [0.5, 0.6) is 0 Å². The van der Waals surface area contributed by atoms with Crippen molar-refractivity contribution in [2.75, 3.05) is 25.0 Å². The van der Waals surface area contributed by atoms with Crippen LogP contribution >= 0.6 is 0 Å². The lowest BCUT2D eigenvalue weighted by molar-refractivity contribution is -0.140. The van der Waals surface area contributed by atoms with Gasteiger partial charge in [0, 0.05) is 18.3 Å². The number of amides is 2. The first-order valence-electron chi connectivity index (χ1n) is 6.32. The van der Waals surface area contributed by atoms with Crippen LogP contribution in [0.15, 0.2) is 24.3 Å². The molecule has 118 valence electrons. The molecule has 0 spiro atoms. The lowest BCUT2D eigenvalue weighted by Gasteiger charge is -2.23. The standard InChI is InChI=1S/C13H18F3N3O2/c1-9(17)10-3-2-4-11(7-10)18-12(21)19(5-6-20)8-13(14,15)16/h2-4,7,9,20H,5-6,8,17H2,1H3,(H,18,21). The molecular formula is C13H18F3N3O2. The molecule has 0 fully saturated rings. The van der Waals surface area contributed by atoms with Gasteiger partial charge in [-0.25, -0.2) is 4.79 Å². The number of halogens is 3. The number of anilines is 1. The number of aliphatic hydroxyl groups is 1. The monoisotopic (exact) mass is 305 g/mol. The molecule has 4 N–H and O–H groups in total. The number of benzene rings is 1. The summed E-state index contributed by atoms with van der Waals surface area (Å²) in [5, 5.41) is 11.1. The number of nitrogens with zero attached hydrogens (tertiary/aromatic N) is 1. The number of carbonyl (C=O) groups excluding carboxylic acids is 1. The number of carbonyl (C=O) groups is 1. The number of urea groups is 1. The second-order valence-corrected chi connectivity index (χ2v) is 4.60. The van der Waals surface area contributed by atoms with E-state index in [-0.39, 0.29) is 6.04 Å². The van der Waals surface area contributed by atoms with Crippen LogP contribution in [0, 0.1) is 0 Å². The van der Waals surface area contributed by atoms with Crippen LogP contribution < -0.4 is 11.1 Å². The number of hydrogen-bond donors (Lipinski definition) is 3. The second kappa shape index (κ2) is 7.28. The average molecular weight is 305 g/mol. The Balaban J connectivity index is 2.79. The minimum atomic E-state index is -4.53. The van der Waals surface area contributed by atoms with Gasteiger partial charge in [-0.3, -0.25) is 0 Å². The summed E-state index contributed by atoms with van der Waals surface area (Å²) in [6, 6.07) is 5.35. The Morgan fingerprint density at radius 1 is 1.48 bits per heavy atom. The van der Waals surface area contributed by atoms with Crippen molar-refractivity contribution in [3.8, 4) is 0 Å². The molecule has 0 saturated heterocycles. The minimum Gasteiger partial charge on any atom is -0.395 e. The summed E-state index contributed by atoms with van der Waals surface area (Å²) in [5.41, 5.74) is 6.79. The minimum absolute atomic E-state index is 0.259. The van der Waals surface area contributed by atoms with Gasteiger partial charge in [-0.05, 0) is 24.6 Å². The van der Waals surface area contributed by atoms with E-state index < -0.39 is 31.9 Å². The average Bonchev–Trinajstić information content (AvgIpc) is 2.37. The summed E-state index contributed by atoms with van der Waals surface area (Å²) in [7, 11) is 0. The third-order valence-corrected chi connectivity index (χ3v) is 2.69. The molecule has 0 bridgehead atoms. The van der Waals surface area contributed by atoms with Crippen molar-refractivity contribution in [2.45, 2.75) is 19.1 Å². The Hall–Kier alpha value is -1.80. The topological polar surface area (TPSA) is 78.6 Å². The molecule has 8 heteroatoms. The van der Waals surface area contributed by atoms with E-state index in [1.54, 1.807) is 31.2 Å². The lowest BCUT2D eigenvalue weighted by Crippen LogP contribution is -2.43. The molecular weight excluding hydrogens is 287 g/mol. The molecule has 2 amide bonds. The molecule has 1 unspecified atom stereocenters. The summed E-state index contributed by atoms with van der Waals surface area (Å²) >= 11 is 0. The fraction of sp³-hybridized carbons (Fsp3) is 0.462. The summed E-state index contributed by atoms with van der Waals surface area (Å²) in [6.07, 6.45) is -4.53. The van der Waals surface area contributed by atoms with Crippen LogP contribution in [-0.2, 0) is 0 Å². The predicted molar refractivity (Wildman–Crippen MR) is 72.8 cm³/mol. The molecule has 21 heavy (non-hydrogen) atoms. The summed E-state index contributed by atoms with van der Waals surface area (Å²) in [5.74, 6) is 0. The van der Waals surface area contributed by atoms with Crippen LogP contribution in [0.2, 0.25) is 0 Å². The number of hydrogen-bond acceptors (Lipinski definition) is 3. The van der Waals surface area contributed by atoms with Crippen LogP contribution in [0.25, 0.3) is 0 Å². The molecule has 5 nitrogen and oxygen atoms in total. The third kappa shape index (κ3) is 6.01. The maximum absolute atomic E-state index is 12.4. The van der Waals surface area contributed by atoms with E-state index in [0.29, 0.717) is 10.6 Å². The van der Waals surface area contributed by atoms with Gasteiger partial charge < -0.3 is 21.1 Å². The highest BCUT2D eigenvalue weighted by atomic mass is 19.4. The molecule has 0 aliphatic heterocycles. The highest BCUT2D eigenvalue weighted by Crippen LogP contribution is 2.19. The summed E-state index contributed by atoms with van der Waals surface area (Å²) < 4.78 is 37.1. The third-order valence-electron chi connectivity index (χ3n) is 2.69. The Morgan fingerprint density at radius 2 is 2.14 bits per heavy atom. The van der Waals surface area contributed by atoms with Crippen molar-refractivity contribution < 1.29 is 23.1 Å². The van der Waals surface area contributed by atoms with E-state index >= 15 is 0 Å². The first-order chi connectivity index (χ1) is 9.73. The van der Waals surface area contributed by atoms with Gasteiger partial charge in [-0.1, -0.05) is 12.1 Å². The Labute approximate surface area is 120 Å². The van der Waals surface area contributed by atoms with Crippen LogP contribution in [-0.4, -0.2) is 41.9 Å². The van der Waals surface area contributed by atoms with Gasteiger partial charge in [-0.2, -0.15) is 13.2 Å². The number of rotatable bonds is 5. The van der Waals surface area contributed by atoms with Crippen molar-refractivity contribution >= 4 is 11.7 Å². The number of alkyl halides is 3. The molecule has 0 aromatic heterocycles. The molecule has 1 aromatic rings. The zero-order valence-corrected chi connectivity index (χ0v) is 11.5. The zero-order valence-electron chi connectivity index (χ0n) is 11.5.